The molecule has 0 heterocycles. The lowest BCUT2D eigenvalue weighted by Gasteiger charge is -2.41. The van der Waals surface area contributed by atoms with Crippen LogP contribution in [-0.2, 0) is 6.54 Å². The number of hydrogen-bond donors (Lipinski definition) is 1. The molecule has 1 aliphatic rings. The van der Waals surface area contributed by atoms with Gasteiger partial charge >= 0.3 is 0 Å². The molecule has 3 heteroatoms. The Hall–Kier alpha value is -0.410. The number of benzene rings is 1. The number of hydrogen-bond acceptors (Lipinski definition) is 1. The molecule has 0 aliphatic heterocycles. The van der Waals surface area contributed by atoms with E-state index in [1.807, 2.05) is 0 Å². The summed E-state index contributed by atoms with van der Waals surface area (Å²) in [6.07, 6.45) is 5.27. The van der Waals surface area contributed by atoms with Gasteiger partial charge in [0.25, 0.3) is 0 Å². The zero-order valence-corrected chi connectivity index (χ0v) is 11.8. The number of nitrogens with one attached hydrogen (secondary N) is 1. The van der Waals surface area contributed by atoms with Crippen molar-refractivity contribution in [3.63, 3.8) is 0 Å². The van der Waals surface area contributed by atoms with Crippen molar-refractivity contribution in [3.8, 4) is 0 Å². The second-order valence-corrected chi connectivity index (χ2v) is 5.90. The summed E-state index contributed by atoms with van der Waals surface area (Å²) in [5.41, 5.74) is 1.51. The molecule has 0 saturated heterocycles. The van der Waals surface area contributed by atoms with E-state index in [9.17, 15) is 4.39 Å². The second-order valence-electron chi connectivity index (χ2n) is 5.05. The molecule has 0 amide bonds. The van der Waals surface area contributed by atoms with E-state index < -0.39 is 0 Å². The molecule has 0 spiro atoms. The van der Waals surface area contributed by atoms with Gasteiger partial charge in [-0.25, -0.2) is 4.39 Å². The van der Waals surface area contributed by atoms with Crippen molar-refractivity contribution in [2.24, 2.45) is 5.41 Å². The van der Waals surface area contributed by atoms with Gasteiger partial charge in [-0.05, 0) is 48.4 Å². The number of halogens is 2. The summed E-state index contributed by atoms with van der Waals surface area (Å²) >= 11 is 3.45. The van der Waals surface area contributed by atoms with Gasteiger partial charge in [0, 0.05) is 17.6 Å². The Kier molecular flexibility index (Phi) is 4.21. The normalized spacial score (nSPS) is 17.8. The summed E-state index contributed by atoms with van der Waals surface area (Å²) in [5, 5.41) is 3.47. The Morgan fingerprint density at radius 2 is 2.18 bits per heavy atom. The minimum atomic E-state index is -0.168. The van der Waals surface area contributed by atoms with Crippen LogP contribution >= 0.6 is 15.9 Å². The van der Waals surface area contributed by atoms with E-state index in [2.05, 4.69) is 28.2 Å². The van der Waals surface area contributed by atoms with Gasteiger partial charge in [0.15, 0.2) is 0 Å². The maximum Gasteiger partial charge on any atom is 0.123 e. The summed E-state index contributed by atoms with van der Waals surface area (Å²) in [6.45, 7) is 4.05. The lowest BCUT2D eigenvalue weighted by molar-refractivity contribution is 0.124. The molecule has 1 nitrogen and oxygen atoms in total. The molecule has 94 valence electrons. The molecule has 0 radical (unpaired) electrons. The van der Waals surface area contributed by atoms with Gasteiger partial charge in [-0.2, -0.15) is 0 Å². The molecule has 1 N–H and O–H groups in total. The van der Waals surface area contributed by atoms with Gasteiger partial charge in [0.05, 0.1) is 0 Å². The van der Waals surface area contributed by atoms with Crippen LogP contribution in [0.15, 0.2) is 22.7 Å². The van der Waals surface area contributed by atoms with Crippen LogP contribution in [-0.4, -0.2) is 6.54 Å². The van der Waals surface area contributed by atoms with Gasteiger partial charge in [0.1, 0.15) is 5.82 Å². The Balaban J connectivity index is 1.87. The van der Waals surface area contributed by atoms with Crippen molar-refractivity contribution in [2.75, 3.05) is 6.54 Å². The van der Waals surface area contributed by atoms with E-state index in [1.54, 1.807) is 12.1 Å². The highest BCUT2D eigenvalue weighted by atomic mass is 79.9. The monoisotopic (exact) mass is 299 g/mol. The van der Waals surface area contributed by atoms with Gasteiger partial charge in [0.2, 0.25) is 0 Å². The third-order valence-electron chi connectivity index (χ3n) is 3.99. The van der Waals surface area contributed by atoms with Gasteiger partial charge < -0.3 is 5.32 Å². The molecule has 0 unspecified atom stereocenters. The van der Waals surface area contributed by atoms with E-state index in [-0.39, 0.29) is 5.82 Å². The van der Waals surface area contributed by atoms with Gasteiger partial charge in [-0.15, -0.1) is 0 Å². The van der Waals surface area contributed by atoms with E-state index in [4.69, 9.17) is 0 Å². The van der Waals surface area contributed by atoms with Crippen molar-refractivity contribution in [3.05, 3.63) is 34.1 Å². The lowest BCUT2D eigenvalue weighted by atomic mass is 9.67. The van der Waals surface area contributed by atoms with Crippen LogP contribution in [0.5, 0.6) is 0 Å². The average Bonchev–Trinajstić information content (AvgIpc) is 2.27. The number of rotatable bonds is 5. The predicted molar refractivity (Wildman–Crippen MR) is 72.4 cm³/mol. The molecule has 1 fully saturated rings. The molecule has 1 aromatic carbocycles. The molecular formula is C14H19BrFN. The van der Waals surface area contributed by atoms with Crippen LogP contribution < -0.4 is 5.32 Å². The van der Waals surface area contributed by atoms with Crippen LogP contribution in [0, 0.1) is 11.2 Å². The second kappa shape index (κ2) is 5.49. The Labute approximate surface area is 111 Å². The summed E-state index contributed by atoms with van der Waals surface area (Å²) in [6, 6.07) is 4.84. The fraction of sp³-hybridized carbons (Fsp3) is 0.571. The topological polar surface area (TPSA) is 12.0 Å². The van der Waals surface area contributed by atoms with Crippen LogP contribution in [0.25, 0.3) is 0 Å². The highest BCUT2D eigenvalue weighted by Gasteiger charge is 2.34. The first-order valence-corrected chi connectivity index (χ1v) is 7.09. The van der Waals surface area contributed by atoms with Crippen molar-refractivity contribution >= 4 is 15.9 Å². The van der Waals surface area contributed by atoms with Crippen molar-refractivity contribution in [1.29, 1.82) is 0 Å². The average molecular weight is 300 g/mol. The smallest absolute Gasteiger partial charge is 0.123 e. The molecule has 17 heavy (non-hydrogen) atoms. The van der Waals surface area contributed by atoms with Crippen molar-refractivity contribution in [1.82, 2.24) is 5.32 Å². The largest absolute Gasteiger partial charge is 0.312 e. The minimum absolute atomic E-state index is 0.168. The Morgan fingerprint density at radius 3 is 2.76 bits per heavy atom. The third-order valence-corrected chi connectivity index (χ3v) is 4.76. The lowest BCUT2D eigenvalue weighted by Crippen LogP contribution is -2.39. The molecule has 0 aromatic heterocycles. The third kappa shape index (κ3) is 3.08. The molecule has 0 bridgehead atoms. The Bertz CT molecular complexity index is 382. The highest BCUT2D eigenvalue weighted by Crippen LogP contribution is 2.43. The van der Waals surface area contributed by atoms with Crippen molar-refractivity contribution in [2.45, 2.75) is 39.2 Å². The quantitative estimate of drug-likeness (QED) is 0.857. The van der Waals surface area contributed by atoms with Crippen LogP contribution in [0.3, 0.4) is 0 Å². The zero-order chi connectivity index (χ0) is 12.3. The van der Waals surface area contributed by atoms with E-state index in [0.29, 0.717) is 5.41 Å². The van der Waals surface area contributed by atoms with E-state index in [0.717, 1.165) is 23.1 Å². The molecule has 1 aliphatic carbocycles. The van der Waals surface area contributed by atoms with E-state index >= 15 is 0 Å². The SMILES string of the molecule is CCC1(CNCc2cc(F)ccc2Br)CCC1. The molecule has 1 aromatic rings. The molecule has 1 saturated carbocycles. The fourth-order valence-electron chi connectivity index (χ4n) is 2.47. The first-order chi connectivity index (χ1) is 8.15. The van der Waals surface area contributed by atoms with Gasteiger partial charge in [-0.1, -0.05) is 29.3 Å². The standard InChI is InChI=1S/C14H19BrFN/c1-2-14(6-3-7-14)10-17-9-11-8-12(16)4-5-13(11)15/h4-5,8,17H,2-3,6-7,9-10H2,1H3. The summed E-state index contributed by atoms with van der Waals surface area (Å²) < 4.78 is 14.1. The highest BCUT2D eigenvalue weighted by molar-refractivity contribution is 9.10. The fourth-order valence-corrected chi connectivity index (χ4v) is 2.86. The van der Waals surface area contributed by atoms with Crippen LogP contribution in [0.1, 0.15) is 38.2 Å². The maximum absolute atomic E-state index is 13.1. The van der Waals surface area contributed by atoms with Gasteiger partial charge in [-0.3, -0.25) is 0 Å². The molecular weight excluding hydrogens is 281 g/mol. The first kappa shape index (κ1) is 13.0. The molecule has 0 atom stereocenters. The zero-order valence-electron chi connectivity index (χ0n) is 10.2. The van der Waals surface area contributed by atoms with Crippen LogP contribution in [0.2, 0.25) is 0 Å². The van der Waals surface area contributed by atoms with Crippen molar-refractivity contribution < 1.29 is 4.39 Å². The predicted octanol–water partition coefficient (Wildman–Crippen LogP) is 4.26. The Morgan fingerprint density at radius 1 is 1.41 bits per heavy atom. The minimum Gasteiger partial charge on any atom is -0.312 e. The summed E-state index contributed by atoms with van der Waals surface area (Å²) in [4.78, 5) is 0. The summed E-state index contributed by atoms with van der Waals surface area (Å²) in [5.74, 6) is -0.168. The molecule has 2 rings (SSSR count). The summed E-state index contributed by atoms with van der Waals surface area (Å²) in [7, 11) is 0. The maximum atomic E-state index is 13.1. The van der Waals surface area contributed by atoms with E-state index in [1.165, 1.54) is 31.7 Å². The first-order valence-electron chi connectivity index (χ1n) is 6.30. The van der Waals surface area contributed by atoms with Crippen LogP contribution in [0.4, 0.5) is 4.39 Å².